The molecule has 0 nitrogen and oxygen atoms in total. The van der Waals surface area contributed by atoms with Crippen LogP contribution in [0.1, 0.15) is 101 Å². The monoisotopic (exact) mass is 270 g/mol. The predicted octanol–water partition coefficient (Wildman–Crippen LogP) is 7.33. The van der Waals surface area contributed by atoms with Gasteiger partial charge in [-0.25, -0.2) is 0 Å². The van der Waals surface area contributed by atoms with Crippen LogP contribution < -0.4 is 0 Å². The Labute approximate surface area is 124 Å². The number of rotatable bonds is 2. The van der Waals surface area contributed by atoms with Crippen molar-refractivity contribution in [3.05, 3.63) is 0 Å². The number of hydrogen-bond donors (Lipinski definition) is 0. The highest BCUT2D eigenvalue weighted by molar-refractivity contribution is 4.68. The molecule has 0 aliphatic heterocycles. The molecule has 1 fully saturated rings. The highest BCUT2D eigenvalue weighted by Gasteiger charge is 2.17. The summed E-state index contributed by atoms with van der Waals surface area (Å²) in [6, 6.07) is 0. The van der Waals surface area contributed by atoms with Crippen LogP contribution in [0.5, 0.6) is 0 Å². The molecular formula is C19H42. The van der Waals surface area contributed by atoms with Gasteiger partial charge in [0.2, 0.25) is 0 Å². The molecule has 0 radical (unpaired) electrons. The van der Waals surface area contributed by atoms with Crippen LogP contribution in [0, 0.1) is 23.2 Å². The van der Waals surface area contributed by atoms with Crippen molar-refractivity contribution in [2.24, 2.45) is 23.2 Å². The van der Waals surface area contributed by atoms with E-state index in [9.17, 15) is 0 Å². The van der Waals surface area contributed by atoms with Crippen molar-refractivity contribution < 1.29 is 0 Å². The fourth-order valence-electron chi connectivity index (χ4n) is 2.41. The molecule has 0 amide bonds. The van der Waals surface area contributed by atoms with Crippen LogP contribution in [-0.4, -0.2) is 0 Å². The Morgan fingerprint density at radius 1 is 0.895 bits per heavy atom. The van der Waals surface area contributed by atoms with Gasteiger partial charge in [-0.1, -0.05) is 101 Å². The Morgan fingerprint density at radius 2 is 1.32 bits per heavy atom. The maximum absolute atomic E-state index is 2.36. The maximum Gasteiger partial charge on any atom is -0.0357 e. The molecule has 0 aromatic rings. The van der Waals surface area contributed by atoms with Gasteiger partial charge in [0.05, 0.1) is 0 Å². The third kappa shape index (κ3) is 11.5. The topological polar surface area (TPSA) is 0 Å². The molecule has 1 aliphatic rings. The Hall–Kier alpha value is 0. The highest BCUT2D eigenvalue weighted by Crippen LogP contribution is 2.29. The van der Waals surface area contributed by atoms with Gasteiger partial charge in [-0.15, -0.1) is 0 Å². The maximum atomic E-state index is 2.36. The minimum atomic E-state index is 0.509. The first kappa shape index (κ1) is 21.3. The lowest BCUT2D eigenvalue weighted by Crippen LogP contribution is -2.15. The van der Waals surface area contributed by atoms with E-state index >= 15 is 0 Å². The summed E-state index contributed by atoms with van der Waals surface area (Å²) >= 11 is 0. The molecule has 0 heterocycles. The van der Waals surface area contributed by atoms with Gasteiger partial charge in [-0.05, 0) is 23.2 Å². The van der Waals surface area contributed by atoms with Crippen LogP contribution in [0.3, 0.4) is 0 Å². The second-order valence-corrected chi connectivity index (χ2v) is 7.32. The van der Waals surface area contributed by atoms with Crippen LogP contribution >= 0.6 is 0 Å². The fourth-order valence-corrected chi connectivity index (χ4v) is 2.41. The molecule has 0 aromatic heterocycles. The van der Waals surface area contributed by atoms with E-state index in [-0.39, 0.29) is 0 Å². The molecule has 1 atom stereocenters. The van der Waals surface area contributed by atoms with Gasteiger partial charge in [0.1, 0.15) is 0 Å². The van der Waals surface area contributed by atoms with E-state index in [0.29, 0.717) is 5.41 Å². The average Bonchev–Trinajstić information content (AvgIpc) is 2.40. The van der Waals surface area contributed by atoms with Crippen molar-refractivity contribution in [3.8, 4) is 0 Å². The van der Waals surface area contributed by atoms with Crippen LogP contribution in [0.2, 0.25) is 0 Å². The summed E-state index contributed by atoms with van der Waals surface area (Å²) in [5.74, 6) is 2.84. The van der Waals surface area contributed by atoms with E-state index in [1.165, 1.54) is 38.5 Å². The first-order valence-corrected chi connectivity index (χ1v) is 8.79. The summed E-state index contributed by atoms with van der Waals surface area (Å²) in [6.07, 6.45) is 8.76. The van der Waals surface area contributed by atoms with E-state index in [2.05, 4.69) is 48.5 Å². The second-order valence-electron chi connectivity index (χ2n) is 7.32. The summed E-state index contributed by atoms with van der Waals surface area (Å²) < 4.78 is 0. The van der Waals surface area contributed by atoms with E-state index in [0.717, 1.165) is 17.8 Å². The lowest BCUT2D eigenvalue weighted by molar-refractivity contribution is 0.254. The molecule has 1 aliphatic carbocycles. The molecule has 0 saturated heterocycles. The highest BCUT2D eigenvalue weighted by atomic mass is 14.2. The van der Waals surface area contributed by atoms with Gasteiger partial charge in [0.25, 0.3) is 0 Å². The SMILES string of the molecule is CC.CC(C)C1CCCCC1.CCC(C)C(C)(C)C. The first-order chi connectivity index (χ1) is 8.79. The Balaban J connectivity index is 0. The molecule has 19 heavy (non-hydrogen) atoms. The molecule has 1 unspecified atom stereocenters. The summed E-state index contributed by atoms with van der Waals surface area (Å²) in [5, 5.41) is 0. The predicted molar refractivity (Wildman–Crippen MR) is 91.7 cm³/mol. The van der Waals surface area contributed by atoms with Gasteiger partial charge in [0, 0.05) is 0 Å². The summed E-state index contributed by atoms with van der Waals surface area (Å²) in [4.78, 5) is 0. The molecule has 1 saturated carbocycles. The quantitative estimate of drug-likeness (QED) is 0.493. The summed E-state index contributed by atoms with van der Waals surface area (Å²) in [7, 11) is 0. The van der Waals surface area contributed by atoms with E-state index in [1.807, 2.05) is 13.8 Å². The molecule has 0 aromatic carbocycles. The van der Waals surface area contributed by atoms with Crippen molar-refractivity contribution in [2.75, 3.05) is 0 Å². The van der Waals surface area contributed by atoms with Crippen LogP contribution in [0.4, 0.5) is 0 Å². The third-order valence-corrected chi connectivity index (χ3v) is 4.68. The van der Waals surface area contributed by atoms with Gasteiger partial charge < -0.3 is 0 Å². The smallest absolute Gasteiger partial charge is 0.0357 e. The van der Waals surface area contributed by atoms with E-state index in [1.54, 1.807) is 0 Å². The van der Waals surface area contributed by atoms with E-state index < -0.39 is 0 Å². The molecule has 0 N–H and O–H groups in total. The van der Waals surface area contributed by atoms with Gasteiger partial charge in [-0.3, -0.25) is 0 Å². The fraction of sp³-hybridized carbons (Fsp3) is 1.00. The van der Waals surface area contributed by atoms with Crippen molar-refractivity contribution >= 4 is 0 Å². The van der Waals surface area contributed by atoms with Crippen LogP contribution in [-0.2, 0) is 0 Å². The summed E-state index contributed by atoms with van der Waals surface area (Å²) in [5.41, 5.74) is 0.509. The van der Waals surface area contributed by atoms with Crippen molar-refractivity contribution in [1.82, 2.24) is 0 Å². The second kappa shape index (κ2) is 11.8. The van der Waals surface area contributed by atoms with Gasteiger partial charge in [-0.2, -0.15) is 0 Å². The zero-order valence-corrected chi connectivity index (χ0v) is 15.5. The zero-order valence-electron chi connectivity index (χ0n) is 15.5. The van der Waals surface area contributed by atoms with Crippen LogP contribution in [0.25, 0.3) is 0 Å². The molecule has 0 heteroatoms. The Morgan fingerprint density at radius 3 is 1.47 bits per heavy atom. The third-order valence-electron chi connectivity index (χ3n) is 4.68. The minimum Gasteiger partial charge on any atom is -0.0683 e. The van der Waals surface area contributed by atoms with Crippen molar-refractivity contribution in [1.29, 1.82) is 0 Å². The van der Waals surface area contributed by atoms with Gasteiger partial charge in [0.15, 0.2) is 0 Å². The largest absolute Gasteiger partial charge is 0.0683 e. The molecule has 0 spiro atoms. The standard InChI is InChI=1S/C9H18.C8H18.C2H6/c1-8(2)9-6-4-3-5-7-9;1-6-7(2)8(3,4)5;1-2/h8-9H,3-7H2,1-2H3;7H,6H2,1-5H3;1-2H3. The Bertz CT molecular complexity index is 167. The molecular weight excluding hydrogens is 228 g/mol. The minimum absolute atomic E-state index is 0.509. The lowest BCUT2D eigenvalue weighted by atomic mass is 9.81. The molecule has 1 rings (SSSR count). The van der Waals surface area contributed by atoms with E-state index in [4.69, 9.17) is 0 Å². The summed E-state index contributed by atoms with van der Waals surface area (Å²) in [6.45, 7) is 20.1. The normalized spacial score (nSPS) is 18.0. The molecule has 118 valence electrons. The zero-order chi connectivity index (χ0) is 15.5. The molecule has 0 bridgehead atoms. The lowest BCUT2D eigenvalue weighted by Gasteiger charge is -2.25. The van der Waals surface area contributed by atoms with Crippen molar-refractivity contribution in [2.45, 2.75) is 101 Å². The van der Waals surface area contributed by atoms with Crippen molar-refractivity contribution in [3.63, 3.8) is 0 Å². The number of hydrogen-bond acceptors (Lipinski definition) is 0. The average molecular weight is 271 g/mol. The first-order valence-electron chi connectivity index (χ1n) is 8.79. The van der Waals surface area contributed by atoms with Crippen LogP contribution in [0.15, 0.2) is 0 Å². The van der Waals surface area contributed by atoms with Gasteiger partial charge >= 0.3 is 0 Å². The Kier molecular flexibility index (Phi) is 13.2.